The predicted octanol–water partition coefficient (Wildman–Crippen LogP) is 4.00. The molecule has 1 aliphatic rings. The summed E-state index contributed by atoms with van der Waals surface area (Å²) in [5.74, 6) is 0. The van der Waals surface area contributed by atoms with Gasteiger partial charge < -0.3 is 4.90 Å². The van der Waals surface area contributed by atoms with Crippen LogP contribution in [0, 0.1) is 0 Å². The van der Waals surface area contributed by atoms with Gasteiger partial charge in [-0.15, -0.1) is 11.3 Å². The Morgan fingerprint density at radius 2 is 2.04 bits per heavy atom. The van der Waals surface area contributed by atoms with Crippen molar-refractivity contribution in [3.05, 3.63) is 64.3 Å². The van der Waals surface area contributed by atoms with Crippen molar-refractivity contribution in [1.29, 1.82) is 0 Å². The largest absolute Gasteiger partial charge is 0.377 e. The fourth-order valence-corrected chi connectivity index (χ4v) is 5.22. The third-order valence-corrected chi connectivity index (χ3v) is 6.52. The Kier molecular flexibility index (Phi) is 3.75. The number of aryl methyl sites for hydroxylation is 1. The fraction of sp³-hybridized carbons (Fsp3) is 0.286. The van der Waals surface area contributed by atoms with Crippen LogP contribution in [0.25, 0.3) is 20.4 Å². The van der Waals surface area contributed by atoms with Crippen molar-refractivity contribution in [2.75, 3.05) is 19.0 Å². The van der Waals surface area contributed by atoms with Crippen LogP contribution in [0.4, 0.5) is 5.69 Å². The Bertz CT molecular complexity index is 1220. The van der Waals surface area contributed by atoms with E-state index in [0.717, 1.165) is 40.7 Å². The maximum atomic E-state index is 13.4. The summed E-state index contributed by atoms with van der Waals surface area (Å²) in [6.07, 6.45) is 6.66. The number of pyridine rings is 1. The molecular weight excluding hydrogens is 356 g/mol. The predicted molar refractivity (Wildman–Crippen MR) is 111 cm³/mol. The number of fused-ring (bicyclic) bond motifs is 4. The molecule has 0 amide bonds. The molecule has 0 saturated heterocycles. The zero-order chi connectivity index (χ0) is 18.5. The molecule has 5 rings (SSSR count). The maximum Gasteiger partial charge on any atom is 0.271 e. The van der Waals surface area contributed by atoms with Crippen molar-refractivity contribution in [3.8, 4) is 0 Å². The van der Waals surface area contributed by atoms with Crippen molar-refractivity contribution >= 4 is 37.5 Å². The van der Waals surface area contributed by atoms with Crippen LogP contribution in [-0.2, 0) is 6.42 Å². The smallest absolute Gasteiger partial charge is 0.271 e. The minimum atomic E-state index is 0.0365. The number of thiophene rings is 1. The Labute approximate surface area is 160 Å². The molecule has 1 aliphatic carbocycles. The van der Waals surface area contributed by atoms with E-state index in [1.165, 1.54) is 22.5 Å². The van der Waals surface area contributed by atoms with Gasteiger partial charge in [-0.25, -0.2) is 9.97 Å². The highest BCUT2D eigenvalue weighted by Crippen LogP contribution is 2.36. The molecule has 0 fully saturated rings. The summed E-state index contributed by atoms with van der Waals surface area (Å²) in [4.78, 5) is 25.5. The summed E-state index contributed by atoms with van der Waals surface area (Å²) in [5, 5.41) is 0.968. The number of rotatable bonds is 2. The molecule has 4 aromatic rings. The van der Waals surface area contributed by atoms with Gasteiger partial charge in [-0.05, 0) is 36.5 Å². The van der Waals surface area contributed by atoms with Gasteiger partial charge in [0.15, 0.2) is 0 Å². The summed E-state index contributed by atoms with van der Waals surface area (Å²) in [6.45, 7) is 0. The molecule has 1 atom stereocenters. The molecule has 0 spiro atoms. The van der Waals surface area contributed by atoms with E-state index in [-0.39, 0.29) is 11.6 Å². The van der Waals surface area contributed by atoms with Crippen LogP contribution in [0.15, 0.2) is 47.7 Å². The number of benzene rings is 1. The lowest BCUT2D eigenvalue weighted by atomic mass is 9.87. The average molecular weight is 376 g/mol. The number of nitrogens with zero attached hydrogens (tertiary/aromatic N) is 4. The van der Waals surface area contributed by atoms with Gasteiger partial charge in [0.1, 0.15) is 9.53 Å². The van der Waals surface area contributed by atoms with Gasteiger partial charge >= 0.3 is 0 Å². The topological polar surface area (TPSA) is 51.0 Å². The fourth-order valence-electron chi connectivity index (χ4n) is 4.16. The van der Waals surface area contributed by atoms with Crippen LogP contribution in [0.2, 0.25) is 0 Å². The van der Waals surface area contributed by atoms with E-state index in [1.807, 2.05) is 29.6 Å². The number of aromatic nitrogens is 3. The highest BCUT2D eigenvalue weighted by Gasteiger charge is 2.24. The molecule has 3 aromatic heterocycles. The molecule has 0 N–H and O–H groups in total. The van der Waals surface area contributed by atoms with Crippen molar-refractivity contribution in [2.24, 2.45) is 0 Å². The molecule has 3 heterocycles. The number of anilines is 1. The summed E-state index contributed by atoms with van der Waals surface area (Å²) >= 11 is 1.45. The van der Waals surface area contributed by atoms with Crippen molar-refractivity contribution in [3.63, 3.8) is 0 Å². The lowest BCUT2D eigenvalue weighted by Crippen LogP contribution is -2.28. The molecule has 1 aromatic carbocycles. The molecule has 5 nitrogen and oxygen atoms in total. The molecule has 136 valence electrons. The van der Waals surface area contributed by atoms with E-state index in [1.54, 1.807) is 12.5 Å². The highest BCUT2D eigenvalue weighted by molar-refractivity contribution is 7.25. The van der Waals surface area contributed by atoms with E-state index in [0.29, 0.717) is 4.70 Å². The van der Waals surface area contributed by atoms with Crippen molar-refractivity contribution in [2.45, 2.75) is 25.3 Å². The highest BCUT2D eigenvalue weighted by atomic mass is 32.1. The second kappa shape index (κ2) is 6.16. The molecule has 0 bridgehead atoms. The lowest BCUT2D eigenvalue weighted by Gasteiger charge is -2.26. The van der Waals surface area contributed by atoms with E-state index < -0.39 is 0 Å². The first kappa shape index (κ1) is 16.4. The first-order valence-electron chi connectivity index (χ1n) is 9.18. The van der Waals surface area contributed by atoms with Crippen LogP contribution >= 0.6 is 11.3 Å². The van der Waals surface area contributed by atoms with Crippen molar-refractivity contribution in [1.82, 2.24) is 14.5 Å². The summed E-state index contributed by atoms with van der Waals surface area (Å²) in [6, 6.07) is 10.5. The van der Waals surface area contributed by atoms with Crippen LogP contribution in [0.3, 0.4) is 0 Å². The third-order valence-electron chi connectivity index (χ3n) is 5.44. The van der Waals surface area contributed by atoms with Gasteiger partial charge in [-0.1, -0.05) is 24.3 Å². The number of hydrogen-bond donors (Lipinski definition) is 0. The van der Waals surface area contributed by atoms with Crippen LogP contribution in [0.1, 0.15) is 30.0 Å². The van der Waals surface area contributed by atoms with E-state index in [2.05, 4.69) is 29.2 Å². The van der Waals surface area contributed by atoms with Gasteiger partial charge in [-0.3, -0.25) is 9.36 Å². The van der Waals surface area contributed by atoms with Gasteiger partial charge in [-0.2, -0.15) is 0 Å². The van der Waals surface area contributed by atoms with Crippen LogP contribution < -0.4 is 10.5 Å². The second-order valence-corrected chi connectivity index (χ2v) is 8.25. The van der Waals surface area contributed by atoms with Crippen molar-refractivity contribution < 1.29 is 0 Å². The third kappa shape index (κ3) is 2.47. The van der Waals surface area contributed by atoms with Crippen LogP contribution in [-0.4, -0.2) is 28.6 Å². The van der Waals surface area contributed by atoms with Gasteiger partial charge in [0.05, 0.1) is 29.0 Å². The Balaban J connectivity index is 1.75. The van der Waals surface area contributed by atoms with E-state index >= 15 is 0 Å². The quantitative estimate of drug-likeness (QED) is 0.531. The molecule has 0 saturated carbocycles. The summed E-state index contributed by atoms with van der Waals surface area (Å²) in [5.41, 5.74) is 4.43. The Morgan fingerprint density at radius 1 is 1.19 bits per heavy atom. The maximum absolute atomic E-state index is 13.4. The summed E-state index contributed by atoms with van der Waals surface area (Å²) in [7, 11) is 4.00. The second-order valence-electron chi connectivity index (χ2n) is 7.25. The minimum Gasteiger partial charge on any atom is -0.377 e. The summed E-state index contributed by atoms with van der Waals surface area (Å²) < 4.78 is 2.52. The van der Waals surface area contributed by atoms with Gasteiger partial charge in [0.25, 0.3) is 5.56 Å². The monoisotopic (exact) mass is 376 g/mol. The standard InChI is InChI=1S/C21H20N4OS/c1-24(2)16-10-11-22-20-17(16)18-19(27-20)21(26)25(12-23-18)15-9-5-7-13-6-3-4-8-14(13)15/h3-4,6,8,10-12,15H,5,7,9H2,1-2H3. The normalized spacial score (nSPS) is 16.6. The molecule has 6 heteroatoms. The zero-order valence-electron chi connectivity index (χ0n) is 15.3. The molecule has 27 heavy (non-hydrogen) atoms. The van der Waals surface area contributed by atoms with E-state index in [4.69, 9.17) is 4.98 Å². The Morgan fingerprint density at radius 3 is 2.89 bits per heavy atom. The molecule has 0 radical (unpaired) electrons. The van der Waals surface area contributed by atoms with Crippen LogP contribution in [0.5, 0.6) is 0 Å². The first-order chi connectivity index (χ1) is 13.1. The van der Waals surface area contributed by atoms with Gasteiger partial charge in [0, 0.05) is 20.3 Å². The first-order valence-corrected chi connectivity index (χ1v) is 10.0. The van der Waals surface area contributed by atoms with Gasteiger partial charge in [0.2, 0.25) is 0 Å². The van der Waals surface area contributed by atoms with E-state index in [9.17, 15) is 4.79 Å². The Hall–Kier alpha value is -2.73. The molecule has 1 unspecified atom stereocenters. The molecular formula is C21H20N4OS. The minimum absolute atomic E-state index is 0.0365. The zero-order valence-corrected chi connectivity index (χ0v) is 16.2. The lowest BCUT2D eigenvalue weighted by molar-refractivity contribution is 0.476. The SMILES string of the molecule is CN(C)c1ccnc2sc3c(=O)n(C4CCCc5ccccc54)cnc3c12. The average Bonchev–Trinajstić information content (AvgIpc) is 3.07. The number of hydrogen-bond acceptors (Lipinski definition) is 5. The molecule has 0 aliphatic heterocycles.